The topological polar surface area (TPSA) is 21.6 Å². The Hall–Kier alpha value is -2.87. The molecule has 3 aromatic rings. The van der Waals surface area contributed by atoms with Crippen LogP contribution in [0.5, 0.6) is 5.75 Å². The first-order valence-corrected chi connectivity index (χ1v) is 8.44. The van der Waals surface area contributed by atoms with Crippen LogP contribution in [0.2, 0.25) is 0 Å². The molecule has 3 aromatic carbocycles. The molecular formula is C23H23NO. The minimum atomic E-state index is -0.0209. The molecule has 0 aromatic heterocycles. The molecule has 0 saturated carbocycles. The fourth-order valence-corrected chi connectivity index (χ4v) is 2.82. The van der Waals surface area contributed by atoms with Crippen molar-refractivity contribution in [3.63, 3.8) is 0 Å². The largest absolute Gasteiger partial charge is 0.497 e. The average molecular weight is 329 g/mol. The van der Waals surface area contributed by atoms with Crippen LogP contribution in [0, 0.1) is 0 Å². The lowest BCUT2D eigenvalue weighted by Gasteiger charge is -2.26. The van der Waals surface area contributed by atoms with Crippen molar-refractivity contribution >= 4 is 11.9 Å². The van der Waals surface area contributed by atoms with E-state index in [0.717, 1.165) is 17.0 Å². The number of benzene rings is 3. The molecule has 0 atom stereocenters. The Morgan fingerprint density at radius 3 is 1.96 bits per heavy atom. The van der Waals surface area contributed by atoms with Crippen molar-refractivity contribution in [1.82, 2.24) is 0 Å². The van der Waals surface area contributed by atoms with Crippen LogP contribution in [0.3, 0.4) is 0 Å². The summed E-state index contributed by atoms with van der Waals surface area (Å²) in [7, 11) is 1.66. The zero-order valence-corrected chi connectivity index (χ0v) is 14.9. The van der Waals surface area contributed by atoms with Gasteiger partial charge in [-0.25, -0.2) is 0 Å². The maximum atomic E-state index is 5.16. The van der Waals surface area contributed by atoms with Gasteiger partial charge in [-0.3, -0.25) is 4.99 Å². The van der Waals surface area contributed by atoms with Crippen LogP contribution in [0.25, 0.3) is 0 Å². The summed E-state index contributed by atoms with van der Waals surface area (Å²) in [6.45, 7) is 4.51. The van der Waals surface area contributed by atoms with Crippen molar-refractivity contribution in [3.8, 4) is 5.75 Å². The Morgan fingerprint density at radius 1 is 0.760 bits per heavy atom. The Morgan fingerprint density at radius 2 is 1.36 bits per heavy atom. The van der Waals surface area contributed by atoms with Crippen LogP contribution in [0.15, 0.2) is 83.9 Å². The number of nitrogens with zero attached hydrogens (tertiary/aromatic N) is 1. The molecule has 0 fully saturated rings. The standard InChI is InChI=1S/C23H23NO/c1-23(2,19-7-5-4-6-8-19)20-11-9-18(10-12-20)17-24-21-13-15-22(25-3)16-14-21/h4-17H,1-3H3. The lowest BCUT2D eigenvalue weighted by atomic mass is 9.78. The highest BCUT2D eigenvalue weighted by Crippen LogP contribution is 2.31. The Bertz CT molecular complexity index is 832. The molecule has 0 heterocycles. The normalized spacial score (nSPS) is 11.6. The van der Waals surface area contributed by atoms with Gasteiger partial charge >= 0.3 is 0 Å². The third-order valence-corrected chi connectivity index (χ3v) is 4.56. The summed E-state index contributed by atoms with van der Waals surface area (Å²) in [5.41, 5.74) is 4.58. The van der Waals surface area contributed by atoms with E-state index in [2.05, 4.69) is 73.4 Å². The minimum Gasteiger partial charge on any atom is -0.497 e. The van der Waals surface area contributed by atoms with E-state index in [0.29, 0.717) is 0 Å². The smallest absolute Gasteiger partial charge is 0.119 e. The fraction of sp³-hybridized carbons (Fsp3) is 0.174. The van der Waals surface area contributed by atoms with Gasteiger partial charge in [0.15, 0.2) is 0 Å². The quantitative estimate of drug-likeness (QED) is 0.544. The van der Waals surface area contributed by atoms with Gasteiger partial charge < -0.3 is 4.74 Å². The summed E-state index contributed by atoms with van der Waals surface area (Å²) in [5, 5.41) is 0. The summed E-state index contributed by atoms with van der Waals surface area (Å²) in [5.74, 6) is 0.839. The van der Waals surface area contributed by atoms with Crippen LogP contribution < -0.4 is 4.74 Å². The second-order valence-electron chi connectivity index (χ2n) is 6.57. The van der Waals surface area contributed by atoms with E-state index >= 15 is 0 Å². The Balaban J connectivity index is 1.76. The van der Waals surface area contributed by atoms with Crippen molar-refractivity contribution in [1.29, 1.82) is 0 Å². The monoisotopic (exact) mass is 329 g/mol. The summed E-state index contributed by atoms with van der Waals surface area (Å²) < 4.78 is 5.16. The molecule has 0 aliphatic carbocycles. The van der Waals surface area contributed by atoms with Gasteiger partial charge in [0, 0.05) is 11.6 Å². The zero-order valence-electron chi connectivity index (χ0n) is 14.9. The number of aliphatic imine (C=N–C) groups is 1. The molecular weight excluding hydrogens is 306 g/mol. The first kappa shape index (κ1) is 17.0. The highest BCUT2D eigenvalue weighted by Gasteiger charge is 2.22. The van der Waals surface area contributed by atoms with Crippen LogP contribution in [-0.2, 0) is 5.41 Å². The molecule has 0 amide bonds. The molecule has 0 aliphatic rings. The van der Waals surface area contributed by atoms with Gasteiger partial charge in [-0.05, 0) is 41.0 Å². The van der Waals surface area contributed by atoms with Gasteiger partial charge in [0.05, 0.1) is 12.8 Å². The van der Waals surface area contributed by atoms with E-state index in [-0.39, 0.29) is 5.41 Å². The molecule has 0 bridgehead atoms. The maximum absolute atomic E-state index is 5.16. The van der Waals surface area contributed by atoms with Gasteiger partial charge in [-0.15, -0.1) is 0 Å². The van der Waals surface area contributed by atoms with Crippen LogP contribution in [-0.4, -0.2) is 13.3 Å². The zero-order chi connectivity index (χ0) is 17.7. The second kappa shape index (κ2) is 7.35. The van der Waals surface area contributed by atoms with Crippen molar-refractivity contribution in [2.75, 3.05) is 7.11 Å². The summed E-state index contributed by atoms with van der Waals surface area (Å²) in [6, 6.07) is 26.9. The number of hydrogen-bond donors (Lipinski definition) is 0. The van der Waals surface area contributed by atoms with Crippen molar-refractivity contribution in [2.45, 2.75) is 19.3 Å². The summed E-state index contributed by atoms with van der Waals surface area (Å²) >= 11 is 0. The number of rotatable bonds is 5. The minimum absolute atomic E-state index is 0.0209. The van der Waals surface area contributed by atoms with Crippen LogP contribution in [0.4, 0.5) is 5.69 Å². The third kappa shape index (κ3) is 3.97. The van der Waals surface area contributed by atoms with Gasteiger partial charge in [0.1, 0.15) is 5.75 Å². The molecule has 2 heteroatoms. The molecule has 0 unspecified atom stereocenters. The second-order valence-corrected chi connectivity index (χ2v) is 6.57. The highest BCUT2D eigenvalue weighted by atomic mass is 16.5. The lowest BCUT2D eigenvalue weighted by Crippen LogP contribution is -2.18. The van der Waals surface area contributed by atoms with Crippen molar-refractivity contribution in [2.24, 2.45) is 4.99 Å². The van der Waals surface area contributed by atoms with Gasteiger partial charge in [-0.2, -0.15) is 0 Å². The molecule has 3 rings (SSSR count). The molecule has 126 valence electrons. The fourth-order valence-electron chi connectivity index (χ4n) is 2.82. The molecule has 0 saturated heterocycles. The van der Waals surface area contributed by atoms with Crippen LogP contribution in [0.1, 0.15) is 30.5 Å². The molecule has 0 spiro atoms. The van der Waals surface area contributed by atoms with E-state index in [9.17, 15) is 0 Å². The Kier molecular flexibility index (Phi) is 4.99. The molecule has 0 aliphatic heterocycles. The molecule has 25 heavy (non-hydrogen) atoms. The number of ether oxygens (including phenoxy) is 1. The lowest BCUT2D eigenvalue weighted by molar-refractivity contribution is 0.415. The Labute approximate surface area is 149 Å². The van der Waals surface area contributed by atoms with Crippen LogP contribution >= 0.6 is 0 Å². The molecule has 2 nitrogen and oxygen atoms in total. The van der Waals surface area contributed by atoms with E-state index < -0.39 is 0 Å². The van der Waals surface area contributed by atoms with E-state index in [1.807, 2.05) is 30.5 Å². The molecule has 0 N–H and O–H groups in total. The van der Waals surface area contributed by atoms with Gasteiger partial charge in [-0.1, -0.05) is 68.4 Å². The van der Waals surface area contributed by atoms with Gasteiger partial charge in [0.25, 0.3) is 0 Å². The third-order valence-electron chi connectivity index (χ3n) is 4.56. The number of hydrogen-bond acceptors (Lipinski definition) is 2. The maximum Gasteiger partial charge on any atom is 0.119 e. The van der Waals surface area contributed by atoms with Crippen molar-refractivity contribution < 1.29 is 4.74 Å². The van der Waals surface area contributed by atoms with Crippen molar-refractivity contribution in [3.05, 3.63) is 95.6 Å². The highest BCUT2D eigenvalue weighted by molar-refractivity contribution is 5.82. The SMILES string of the molecule is COc1ccc(N=Cc2ccc(C(C)(C)c3ccccc3)cc2)cc1. The average Bonchev–Trinajstić information content (AvgIpc) is 2.68. The van der Waals surface area contributed by atoms with E-state index in [4.69, 9.17) is 4.74 Å². The summed E-state index contributed by atoms with van der Waals surface area (Å²) in [6.07, 6.45) is 1.89. The molecule has 0 radical (unpaired) electrons. The van der Waals surface area contributed by atoms with Gasteiger partial charge in [0.2, 0.25) is 0 Å². The first-order chi connectivity index (χ1) is 12.1. The predicted molar refractivity (Wildman–Crippen MR) is 105 cm³/mol. The first-order valence-electron chi connectivity index (χ1n) is 8.44. The number of methoxy groups -OCH3 is 1. The van der Waals surface area contributed by atoms with E-state index in [1.165, 1.54) is 11.1 Å². The predicted octanol–water partition coefficient (Wildman–Crippen LogP) is 5.77. The summed E-state index contributed by atoms with van der Waals surface area (Å²) in [4.78, 5) is 4.52. The van der Waals surface area contributed by atoms with E-state index in [1.54, 1.807) is 7.11 Å².